The molecule has 1 N–H and O–H groups in total. The van der Waals surface area contributed by atoms with Crippen LogP contribution in [0.15, 0.2) is 52.2 Å². The van der Waals surface area contributed by atoms with Crippen molar-refractivity contribution in [3.05, 3.63) is 63.3 Å². The molecule has 0 bridgehead atoms. The van der Waals surface area contributed by atoms with Crippen LogP contribution in [0, 0.1) is 0 Å². The molecule has 19 heavy (non-hydrogen) atoms. The van der Waals surface area contributed by atoms with E-state index in [1.165, 1.54) is 6.20 Å². The summed E-state index contributed by atoms with van der Waals surface area (Å²) in [5, 5.41) is 4.03. The number of hydrogen-bond donors (Lipinski definition) is 1. The van der Waals surface area contributed by atoms with E-state index in [-0.39, 0.29) is 10.7 Å². The zero-order valence-corrected chi connectivity index (χ0v) is 12.0. The Balaban J connectivity index is 2.06. The van der Waals surface area contributed by atoms with Crippen LogP contribution < -0.4 is 5.43 Å². The molecule has 0 aliphatic rings. The highest BCUT2D eigenvalue weighted by molar-refractivity contribution is 9.10. The predicted molar refractivity (Wildman–Crippen MR) is 78.4 cm³/mol. The molecule has 0 saturated carbocycles. The van der Waals surface area contributed by atoms with E-state index in [0.717, 1.165) is 10.0 Å². The van der Waals surface area contributed by atoms with Gasteiger partial charge in [0, 0.05) is 16.2 Å². The number of amides is 1. The van der Waals surface area contributed by atoms with Crippen LogP contribution in [0.25, 0.3) is 0 Å². The van der Waals surface area contributed by atoms with Crippen molar-refractivity contribution in [1.82, 2.24) is 10.4 Å². The summed E-state index contributed by atoms with van der Waals surface area (Å²) in [4.78, 5) is 15.6. The summed E-state index contributed by atoms with van der Waals surface area (Å²) in [5.41, 5.74) is 3.55. The van der Waals surface area contributed by atoms with Gasteiger partial charge in [0.2, 0.25) is 0 Å². The number of carbonyl (C=O) groups is 1. The minimum atomic E-state index is -0.401. The molecule has 0 saturated heterocycles. The van der Waals surface area contributed by atoms with Crippen molar-refractivity contribution in [1.29, 1.82) is 0 Å². The van der Waals surface area contributed by atoms with Gasteiger partial charge in [0.15, 0.2) is 0 Å². The van der Waals surface area contributed by atoms with Gasteiger partial charge >= 0.3 is 0 Å². The van der Waals surface area contributed by atoms with Gasteiger partial charge in [-0.25, -0.2) is 10.4 Å². The van der Waals surface area contributed by atoms with E-state index in [1.807, 2.05) is 24.3 Å². The smallest absolute Gasteiger partial charge is 0.267 e. The van der Waals surface area contributed by atoms with Gasteiger partial charge < -0.3 is 0 Å². The van der Waals surface area contributed by atoms with Crippen LogP contribution >= 0.6 is 27.5 Å². The number of pyridine rings is 1. The van der Waals surface area contributed by atoms with E-state index in [2.05, 4.69) is 31.4 Å². The molecule has 0 aliphatic heterocycles. The lowest BCUT2D eigenvalue weighted by Crippen LogP contribution is -2.18. The summed E-state index contributed by atoms with van der Waals surface area (Å²) in [7, 11) is 0. The van der Waals surface area contributed by atoms with Crippen LogP contribution in [0.5, 0.6) is 0 Å². The number of rotatable bonds is 3. The van der Waals surface area contributed by atoms with Crippen LogP contribution in [0.3, 0.4) is 0 Å². The molecule has 0 spiro atoms. The number of nitrogens with zero attached hydrogens (tertiary/aromatic N) is 2. The highest BCUT2D eigenvalue weighted by Crippen LogP contribution is 2.13. The molecule has 4 nitrogen and oxygen atoms in total. The molecule has 2 aromatic rings. The van der Waals surface area contributed by atoms with Crippen molar-refractivity contribution < 1.29 is 4.79 Å². The number of halogens is 2. The first-order valence-corrected chi connectivity index (χ1v) is 6.54. The van der Waals surface area contributed by atoms with Gasteiger partial charge in [-0.2, -0.15) is 5.10 Å². The van der Waals surface area contributed by atoms with Crippen LogP contribution in [-0.4, -0.2) is 17.1 Å². The largest absolute Gasteiger partial charge is 0.274 e. The SMILES string of the molecule is O=C(NN=Cc1ccccc1Br)c1cccnc1Cl. The molecular formula is C13H9BrClN3O. The third-order valence-electron chi connectivity index (χ3n) is 2.28. The van der Waals surface area contributed by atoms with E-state index < -0.39 is 5.91 Å². The monoisotopic (exact) mass is 337 g/mol. The van der Waals surface area contributed by atoms with Crippen LogP contribution in [0.2, 0.25) is 5.15 Å². The zero-order chi connectivity index (χ0) is 13.7. The van der Waals surface area contributed by atoms with Crippen molar-refractivity contribution >= 4 is 39.7 Å². The lowest BCUT2D eigenvalue weighted by molar-refractivity contribution is 0.0955. The summed E-state index contributed by atoms with van der Waals surface area (Å²) >= 11 is 9.19. The van der Waals surface area contributed by atoms with Crippen molar-refractivity contribution in [3.8, 4) is 0 Å². The number of carbonyl (C=O) groups excluding carboxylic acids is 1. The molecule has 2 rings (SSSR count). The number of nitrogens with one attached hydrogen (secondary N) is 1. The molecular weight excluding hydrogens is 330 g/mol. The van der Waals surface area contributed by atoms with Gasteiger partial charge in [0.25, 0.3) is 5.91 Å². The molecule has 0 atom stereocenters. The minimum absolute atomic E-state index is 0.149. The maximum absolute atomic E-state index is 11.8. The highest BCUT2D eigenvalue weighted by Gasteiger charge is 2.09. The topological polar surface area (TPSA) is 54.4 Å². The Morgan fingerprint density at radius 1 is 1.32 bits per heavy atom. The van der Waals surface area contributed by atoms with E-state index >= 15 is 0 Å². The molecule has 0 unspecified atom stereocenters. The normalized spacial score (nSPS) is 10.6. The Morgan fingerprint density at radius 3 is 2.84 bits per heavy atom. The fourth-order valence-corrected chi connectivity index (χ4v) is 1.95. The first-order chi connectivity index (χ1) is 9.18. The molecule has 96 valence electrons. The molecule has 6 heteroatoms. The molecule has 0 aliphatic carbocycles. The van der Waals surface area contributed by atoms with Crippen molar-refractivity contribution in [3.63, 3.8) is 0 Å². The summed E-state index contributed by atoms with van der Waals surface area (Å²) in [6.07, 6.45) is 3.07. The predicted octanol–water partition coefficient (Wildman–Crippen LogP) is 3.26. The van der Waals surface area contributed by atoms with E-state index in [4.69, 9.17) is 11.6 Å². The standard InChI is InChI=1S/C13H9BrClN3O/c14-11-6-2-1-4-9(11)8-17-18-13(19)10-5-3-7-16-12(10)15/h1-8H,(H,18,19). The highest BCUT2D eigenvalue weighted by atomic mass is 79.9. The molecule has 0 radical (unpaired) electrons. The van der Waals surface area contributed by atoms with Gasteiger partial charge in [0.1, 0.15) is 5.15 Å². The van der Waals surface area contributed by atoms with E-state index in [0.29, 0.717) is 0 Å². The second kappa shape index (κ2) is 6.45. The van der Waals surface area contributed by atoms with E-state index in [1.54, 1.807) is 18.3 Å². The van der Waals surface area contributed by atoms with Crippen molar-refractivity contribution in [2.45, 2.75) is 0 Å². The van der Waals surface area contributed by atoms with Crippen LogP contribution in [0.4, 0.5) is 0 Å². The molecule has 0 fully saturated rings. The van der Waals surface area contributed by atoms with Crippen LogP contribution in [-0.2, 0) is 0 Å². The van der Waals surface area contributed by atoms with Crippen molar-refractivity contribution in [2.75, 3.05) is 0 Å². The Morgan fingerprint density at radius 2 is 2.11 bits per heavy atom. The number of aromatic nitrogens is 1. The zero-order valence-electron chi connectivity index (χ0n) is 9.68. The first-order valence-electron chi connectivity index (χ1n) is 5.37. The Labute approximate surface area is 123 Å². The third-order valence-corrected chi connectivity index (χ3v) is 3.30. The lowest BCUT2D eigenvalue weighted by Gasteiger charge is -2.01. The third kappa shape index (κ3) is 3.62. The van der Waals surface area contributed by atoms with Gasteiger partial charge in [-0.3, -0.25) is 4.79 Å². The van der Waals surface area contributed by atoms with Gasteiger partial charge in [-0.05, 0) is 18.2 Å². The Bertz CT molecular complexity index is 631. The Hall–Kier alpha value is -1.72. The fraction of sp³-hybridized carbons (Fsp3) is 0. The second-order valence-electron chi connectivity index (χ2n) is 3.56. The summed E-state index contributed by atoms with van der Waals surface area (Å²) in [5.74, 6) is -0.401. The van der Waals surface area contributed by atoms with Crippen molar-refractivity contribution in [2.24, 2.45) is 5.10 Å². The average molecular weight is 339 g/mol. The summed E-state index contributed by atoms with van der Waals surface area (Å²) in [6, 6.07) is 10.8. The minimum Gasteiger partial charge on any atom is -0.267 e. The quantitative estimate of drug-likeness (QED) is 0.530. The number of benzene rings is 1. The average Bonchev–Trinajstić information content (AvgIpc) is 2.41. The van der Waals surface area contributed by atoms with Crippen LogP contribution in [0.1, 0.15) is 15.9 Å². The second-order valence-corrected chi connectivity index (χ2v) is 4.77. The van der Waals surface area contributed by atoms with Gasteiger partial charge in [-0.15, -0.1) is 0 Å². The maximum atomic E-state index is 11.8. The van der Waals surface area contributed by atoms with E-state index in [9.17, 15) is 4.79 Å². The summed E-state index contributed by atoms with van der Waals surface area (Å²) in [6.45, 7) is 0. The number of hydrazone groups is 1. The molecule has 1 aromatic carbocycles. The summed E-state index contributed by atoms with van der Waals surface area (Å²) < 4.78 is 0.896. The maximum Gasteiger partial charge on any atom is 0.274 e. The number of hydrogen-bond acceptors (Lipinski definition) is 3. The van der Waals surface area contributed by atoms with Gasteiger partial charge in [0.05, 0.1) is 11.8 Å². The fourth-order valence-electron chi connectivity index (χ4n) is 1.36. The lowest BCUT2D eigenvalue weighted by atomic mass is 10.2. The Kier molecular flexibility index (Phi) is 4.65. The molecule has 1 heterocycles. The first kappa shape index (κ1) is 13.7. The van der Waals surface area contributed by atoms with Gasteiger partial charge in [-0.1, -0.05) is 45.7 Å². The molecule has 1 aromatic heterocycles. The molecule has 1 amide bonds.